The number of amides is 1. The van der Waals surface area contributed by atoms with E-state index in [2.05, 4.69) is 34.4 Å². The highest BCUT2D eigenvalue weighted by molar-refractivity contribution is 7.80. The van der Waals surface area contributed by atoms with E-state index in [9.17, 15) is 18.3 Å². The van der Waals surface area contributed by atoms with Crippen molar-refractivity contribution in [2.75, 3.05) is 5.32 Å². The summed E-state index contributed by atoms with van der Waals surface area (Å²) in [7, 11) is 0. The minimum atomic E-state index is -2.41. The molecule has 0 aliphatic rings. The number of carbonyl (C=O) groups is 1. The van der Waals surface area contributed by atoms with Gasteiger partial charge in [0, 0.05) is 16.6 Å². The van der Waals surface area contributed by atoms with Gasteiger partial charge in [0.1, 0.15) is 10.6 Å². The van der Waals surface area contributed by atoms with Gasteiger partial charge in [-0.15, -0.1) is 13.8 Å². The monoisotopic (exact) mass is 631 g/mol. The normalized spacial score (nSPS) is 13.0. The fourth-order valence-electron chi connectivity index (χ4n) is 3.96. The minimum Gasteiger partial charge on any atom is -0.505 e. The molecule has 0 aromatic heterocycles. The van der Waals surface area contributed by atoms with E-state index in [0.717, 1.165) is 0 Å². The molecule has 222 valence electrons. The maximum atomic E-state index is 12.6. The molecule has 5 aromatic rings. The molecule has 0 saturated carbocycles. The molecule has 0 aliphatic carbocycles. The van der Waals surface area contributed by atoms with Crippen molar-refractivity contribution in [2.24, 2.45) is 20.5 Å². The molecule has 1 amide bonds. The van der Waals surface area contributed by atoms with Gasteiger partial charge in [0.25, 0.3) is 5.91 Å². The van der Waals surface area contributed by atoms with Crippen LogP contribution in [0, 0.1) is 0 Å². The maximum absolute atomic E-state index is 12.6. The molecule has 13 nitrogen and oxygen atoms in total. The number of carbonyl (C=O) groups excluding carboxylic acids is 1. The topological polar surface area (TPSA) is 192 Å². The zero-order valence-corrected chi connectivity index (χ0v) is 23.9. The first kappa shape index (κ1) is 30.4. The Kier molecular flexibility index (Phi) is 9.65. The molecular weight excluding hydrogens is 610 g/mol. The first-order valence-corrected chi connectivity index (χ1v) is 14.7. The van der Waals surface area contributed by atoms with E-state index in [1.54, 1.807) is 84.9 Å². The van der Waals surface area contributed by atoms with Crippen molar-refractivity contribution in [3.05, 3.63) is 109 Å². The van der Waals surface area contributed by atoms with Crippen molar-refractivity contribution in [3.8, 4) is 5.75 Å². The van der Waals surface area contributed by atoms with E-state index >= 15 is 0 Å². The molecule has 15 heteroatoms. The smallest absolute Gasteiger partial charge is 0.255 e. The van der Waals surface area contributed by atoms with Gasteiger partial charge >= 0.3 is 0 Å². The highest BCUT2D eigenvalue weighted by Gasteiger charge is 2.19. The lowest BCUT2D eigenvalue weighted by molar-refractivity contribution is -0.124. The van der Waals surface area contributed by atoms with Crippen molar-refractivity contribution >= 4 is 67.3 Å². The number of hydrogen-bond donors (Lipinski definition) is 4. The molecule has 4 N–H and O–H groups in total. The Hall–Kier alpha value is -5.03. The number of rotatable bonds is 10. The van der Waals surface area contributed by atoms with Crippen molar-refractivity contribution in [2.45, 2.75) is 9.79 Å². The number of nitrogens with zero attached hydrogens (tertiary/aromatic N) is 4. The summed E-state index contributed by atoms with van der Waals surface area (Å²) >= 11 is -4.39. The summed E-state index contributed by atoms with van der Waals surface area (Å²) in [5.41, 5.74) is 2.00. The number of azo groups is 2. The number of aromatic hydroxyl groups is 1. The van der Waals surface area contributed by atoms with Crippen LogP contribution in [0.5, 0.6) is 5.75 Å². The van der Waals surface area contributed by atoms with E-state index in [1.807, 2.05) is 0 Å². The van der Waals surface area contributed by atoms with Gasteiger partial charge in [-0.25, -0.2) is 18.9 Å². The van der Waals surface area contributed by atoms with Crippen LogP contribution in [-0.2, 0) is 30.8 Å². The lowest BCUT2D eigenvalue weighted by atomic mass is 10.1. The van der Waals surface area contributed by atoms with Crippen molar-refractivity contribution in [1.29, 1.82) is 0 Å². The van der Waals surface area contributed by atoms with Crippen LogP contribution in [0.4, 0.5) is 28.4 Å². The molecule has 0 bridgehead atoms. The zero-order valence-electron chi connectivity index (χ0n) is 22.3. The minimum absolute atomic E-state index is 0.154. The maximum Gasteiger partial charge on any atom is 0.255 e. The second kappa shape index (κ2) is 14.0. The lowest BCUT2D eigenvalue weighted by Gasteiger charge is -2.11. The third kappa shape index (κ3) is 7.12. The second-order valence-corrected chi connectivity index (χ2v) is 11.0. The van der Waals surface area contributed by atoms with Gasteiger partial charge in [-0.3, -0.25) is 4.79 Å². The number of phenolic OH excluding ortho intramolecular Hbond substituents is 1. The summed E-state index contributed by atoms with van der Waals surface area (Å²) in [6, 6.07) is 27.2. The Morgan fingerprint density at radius 3 is 1.84 bits per heavy atom. The lowest BCUT2D eigenvalue weighted by Crippen LogP contribution is -2.11. The fourth-order valence-corrected chi connectivity index (χ4v) is 5.01. The van der Waals surface area contributed by atoms with Crippen LogP contribution in [-0.4, -0.2) is 29.9 Å². The summed E-state index contributed by atoms with van der Waals surface area (Å²) in [6.45, 7) is 0. The van der Waals surface area contributed by atoms with E-state index in [4.69, 9.17) is 10.5 Å². The Morgan fingerprint density at radius 1 is 0.682 bits per heavy atom. The molecule has 0 aliphatic heterocycles. The molecule has 2 atom stereocenters. The fraction of sp³-hybridized carbons (Fsp3) is 0. The summed E-state index contributed by atoms with van der Waals surface area (Å²) < 4.78 is 31.7. The van der Waals surface area contributed by atoms with Gasteiger partial charge in [-0.1, -0.05) is 18.2 Å². The van der Waals surface area contributed by atoms with E-state index in [-0.39, 0.29) is 27.1 Å². The van der Waals surface area contributed by atoms with E-state index in [1.165, 1.54) is 18.2 Å². The molecule has 0 radical (unpaired) electrons. The highest BCUT2D eigenvalue weighted by atomic mass is 32.2. The molecular formula is C29H21N5O8S2. The van der Waals surface area contributed by atoms with E-state index < -0.39 is 22.2 Å². The van der Waals surface area contributed by atoms with Gasteiger partial charge in [0.05, 0.1) is 22.0 Å². The molecule has 0 fully saturated rings. The standard InChI is InChI=1S/C29H21N5O8S2/c35-28-25-15-12-23(30-29(36)18-4-2-1-3-5-18)16-19(25)17-26(44(40)42-38)27(28)34-33-21-8-6-20(7-9-21)31-32-22-10-13-24(14-11-22)43(39)41-37/h1-17,35,37-38H,(H,30,36). The Bertz CT molecular complexity index is 1920. The van der Waals surface area contributed by atoms with E-state index in [0.29, 0.717) is 39.1 Å². The molecule has 0 heterocycles. The van der Waals surface area contributed by atoms with Crippen LogP contribution in [0.15, 0.2) is 133 Å². The van der Waals surface area contributed by atoms with Crippen molar-refractivity contribution < 1.29 is 37.5 Å². The summed E-state index contributed by atoms with van der Waals surface area (Å²) in [4.78, 5) is 12.7. The van der Waals surface area contributed by atoms with Gasteiger partial charge < -0.3 is 10.4 Å². The van der Waals surface area contributed by atoms with Gasteiger partial charge in [-0.05, 0) is 90.3 Å². The SMILES string of the molecule is O=C(Nc1ccc2c(O)c(N=Nc3ccc(N=Nc4ccc(S(=O)OO)cc4)cc3)c(S(=O)OO)cc2c1)c1ccccc1. The average molecular weight is 632 g/mol. The van der Waals surface area contributed by atoms with Crippen molar-refractivity contribution in [3.63, 3.8) is 0 Å². The van der Waals surface area contributed by atoms with Crippen LogP contribution in [0.1, 0.15) is 10.4 Å². The number of nitrogens with one attached hydrogen (secondary N) is 1. The van der Waals surface area contributed by atoms with Crippen LogP contribution in [0.25, 0.3) is 10.8 Å². The molecule has 5 aromatic carbocycles. The Labute approximate surface area is 254 Å². The first-order chi connectivity index (χ1) is 21.4. The second-order valence-electron chi connectivity index (χ2n) is 8.86. The Balaban J connectivity index is 1.36. The number of anilines is 1. The van der Waals surface area contributed by atoms with Gasteiger partial charge in [0.2, 0.25) is 22.2 Å². The third-order valence-corrected chi connectivity index (χ3v) is 7.68. The van der Waals surface area contributed by atoms with Crippen LogP contribution in [0.3, 0.4) is 0 Å². The van der Waals surface area contributed by atoms with Gasteiger partial charge in [0.15, 0.2) is 5.75 Å². The summed E-state index contributed by atoms with van der Waals surface area (Å²) in [5.74, 6) is -0.699. The van der Waals surface area contributed by atoms with Crippen LogP contribution < -0.4 is 5.32 Å². The number of hydrogen-bond acceptors (Lipinski definition) is 12. The summed E-state index contributed by atoms with van der Waals surface area (Å²) in [6.07, 6.45) is 0. The quantitative estimate of drug-likeness (QED) is 0.0685. The molecule has 5 rings (SSSR count). The third-order valence-electron chi connectivity index (χ3n) is 6.09. The Morgan fingerprint density at radius 2 is 1.25 bits per heavy atom. The predicted molar refractivity (Wildman–Crippen MR) is 161 cm³/mol. The number of fused-ring (bicyclic) bond motifs is 1. The molecule has 0 spiro atoms. The highest BCUT2D eigenvalue weighted by Crippen LogP contribution is 2.41. The van der Waals surface area contributed by atoms with Crippen LogP contribution in [0.2, 0.25) is 0 Å². The number of benzene rings is 5. The summed E-state index contributed by atoms with van der Waals surface area (Å²) in [5, 5.41) is 48.5. The predicted octanol–water partition coefficient (Wildman–Crippen LogP) is 7.65. The number of phenols is 1. The molecule has 44 heavy (non-hydrogen) atoms. The average Bonchev–Trinajstić information content (AvgIpc) is 3.07. The zero-order chi connectivity index (χ0) is 31.1. The largest absolute Gasteiger partial charge is 0.505 e. The van der Waals surface area contributed by atoms with Crippen molar-refractivity contribution in [1.82, 2.24) is 0 Å². The van der Waals surface area contributed by atoms with Gasteiger partial charge in [-0.2, -0.15) is 15.3 Å². The first-order valence-electron chi connectivity index (χ1n) is 12.5. The van der Waals surface area contributed by atoms with Crippen LogP contribution >= 0.6 is 0 Å². The molecule has 2 unspecified atom stereocenters. The molecule has 0 saturated heterocycles.